The van der Waals surface area contributed by atoms with Crippen LogP contribution < -0.4 is 10.1 Å². The molecule has 0 unspecified atom stereocenters. The Kier molecular flexibility index (Phi) is 7.02. The van der Waals surface area contributed by atoms with Gasteiger partial charge in [0.25, 0.3) is 0 Å². The molecule has 1 aromatic rings. The highest BCUT2D eigenvalue weighted by molar-refractivity contribution is 9.10. The summed E-state index contributed by atoms with van der Waals surface area (Å²) < 4.78 is 6.93. The first-order chi connectivity index (χ1) is 9.45. The van der Waals surface area contributed by atoms with E-state index in [1.54, 1.807) is 19.0 Å². The average molecular weight is 343 g/mol. The van der Waals surface area contributed by atoms with E-state index < -0.39 is 0 Å². The number of nitrogens with zero attached hydrogens (tertiary/aromatic N) is 1. The number of carbonyl (C=O) groups excluding carboxylic acids is 1. The highest BCUT2D eigenvalue weighted by atomic mass is 79.9. The Morgan fingerprint density at radius 1 is 1.40 bits per heavy atom. The Labute approximate surface area is 129 Å². The zero-order chi connectivity index (χ0) is 15.1. The molecule has 1 N–H and O–H groups in total. The zero-order valence-corrected chi connectivity index (χ0v) is 14.2. The van der Waals surface area contributed by atoms with Gasteiger partial charge in [0.1, 0.15) is 5.75 Å². The van der Waals surface area contributed by atoms with Crippen molar-refractivity contribution in [1.82, 2.24) is 10.2 Å². The molecule has 0 radical (unpaired) electrons. The Bertz CT molecular complexity index is 461. The Morgan fingerprint density at radius 3 is 2.70 bits per heavy atom. The van der Waals surface area contributed by atoms with Crippen molar-refractivity contribution in [2.45, 2.75) is 26.3 Å². The maximum absolute atomic E-state index is 11.5. The van der Waals surface area contributed by atoms with Crippen LogP contribution in [0.5, 0.6) is 5.75 Å². The second-order valence-corrected chi connectivity index (χ2v) is 5.90. The number of hydrogen-bond donors (Lipinski definition) is 1. The van der Waals surface area contributed by atoms with Gasteiger partial charge in [-0.2, -0.15) is 0 Å². The van der Waals surface area contributed by atoms with Crippen LogP contribution in [-0.2, 0) is 11.3 Å². The van der Waals surface area contributed by atoms with Gasteiger partial charge in [-0.05, 0) is 38.1 Å². The standard InChI is InChI=1S/C15H23BrN2O2/c1-11-8-13(16)9-12(10-17-2)15(11)20-7-5-6-14(19)18(3)4/h8-9,17H,5-7,10H2,1-4H3. The molecular formula is C15H23BrN2O2. The van der Waals surface area contributed by atoms with Crippen molar-refractivity contribution in [3.8, 4) is 5.75 Å². The summed E-state index contributed by atoms with van der Waals surface area (Å²) in [5.41, 5.74) is 2.22. The van der Waals surface area contributed by atoms with Gasteiger partial charge in [-0.1, -0.05) is 15.9 Å². The summed E-state index contributed by atoms with van der Waals surface area (Å²) in [5.74, 6) is 1.05. The van der Waals surface area contributed by atoms with Crippen molar-refractivity contribution >= 4 is 21.8 Å². The zero-order valence-electron chi connectivity index (χ0n) is 12.6. The summed E-state index contributed by atoms with van der Waals surface area (Å²) in [6.07, 6.45) is 1.25. The van der Waals surface area contributed by atoms with E-state index in [2.05, 4.69) is 27.3 Å². The Morgan fingerprint density at radius 2 is 2.10 bits per heavy atom. The molecule has 0 heterocycles. The Hall–Kier alpha value is -1.07. The number of amides is 1. The lowest BCUT2D eigenvalue weighted by Gasteiger charge is -2.15. The van der Waals surface area contributed by atoms with E-state index in [0.717, 1.165) is 34.3 Å². The molecule has 0 fully saturated rings. The second kappa shape index (κ2) is 8.27. The van der Waals surface area contributed by atoms with Crippen LogP contribution in [0.2, 0.25) is 0 Å². The molecule has 112 valence electrons. The van der Waals surface area contributed by atoms with Crippen molar-refractivity contribution < 1.29 is 9.53 Å². The van der Waals surface area contributed by atoms with E-state index in [4.69, 9.17) is 4.74 Å². The van der Waals surface area contributed by atoms with Gasteiger partial charge in [-0.25, -0.2) is 0 Å². The largest absolute Gasteiger partial charge is 0.493 e. The Balaban J connectivity index is 2.61. The number of halogens is 1. The van der Waals surface area contributed by atoms with Crippen LogP contribution in [0.25, 0.3) is 0 Å². The molecule has 0 saturated carbocycles. The van der Waals surface area contributed by atoms with E-state index in [9.17, 15) is 4.79 Å². The van der Waals surface area contributed by atoms with Crippen LogP contribution in [0, 0.1) is 6.92 Å². The summed E-state index contributed by atoms with van der Waals surface area (Å²) in [7, 11) is 5.45. The molecule has 1 aromatic carbocycles. The molecule has 4 nitrogen and oxygen atoms in total. The SMILES string of the molecule is CNCc1cc(Br)cc(C)c1OCCCC(=O)N(C)C. The molecule has 0 bridgehead atoms. The first kappa shape index (κ1) is 17.0. The fraction of sp³-hybridized carbons (Fsp3) is 0.533. The van der Waals surface area contributed by atoms with Crippen LogP contribution in [0.3, 0.4) is 0 Å². The molecule has 0 aliphatic rings. The van der Waals surface area contributed by atoms with Gasteiger partial charge in [0.2, 0.25) is 5.91 Å². The van der Waals surface area contributed by atoms with Crippen molar-refractivity contribution in [2.24, 2.45) is 0 Å². The molecule has 0 aliphatic heterocycles. The maximum Gasteiger partial charge on any atom is 0.222 e. The molecule has 0 spiro atoms. The van der Waals surface area contributed by atoms with Crippen molar-refractivity contribution in [3.63, 3.8) is 0 Å². The van der Waals surface area contributed by atoms with Crippen LogP contribution in [0.4, 0.5) is 0 Å². The average Bonchev–Trinajstić information content (AvgIpc) is 2.36. The van der Waals surface area contributed by atoms with E-state index in [1.807, 2.05) is 20.0 Å². The maximum atomic E-state index is 11.5. The number of benzene rings is 1. The third kappa shape index (κ3) is 5.13. The van der Waals surface area contributed by atoms with E-state index in [1.165, 1.54) is 0 Å². The lowest BCUT2D eigenvalue weighted by Crippen LogP contribution is -2.21. The van der Waals surface area contributed by atoms with Gasteiger partial charge >= 0.3 is 0 Å². The molecular weight excluding hydrogens is 320 g/mol. The molecule has 5 heteroatoms. The fourth-order valence-electron chi connectivity index (χ4n) is 1.95. The first-order valence-corrected chi connectivity index (χ1v) is 7.51. The topological polar surface area (TPSA) is 41.6 Å². The molecule has 1 amide bonds. The summed E-state index contributed by atoms with van der Waals surface area (Å²) in [4.78, 5) is 13.1. The number of carbonyl (C=O) groups is 1. The third-order valence-corrected chi connectivity index (χ3v) is 3.42. The van der Waals surface area contributed by atoms with E-state index >= 15 is 0 Å². The predicted octanol–water partition coefficient (Wildman–Crippen LogP) is 2.72. The number of ether oxygens (including phenoxy) is 1. The van der Waals surface area contributed by atoms with Gasteiger partial charge in [0, 0.05) is 37.1 Å². The minimum Gasteiger partial charge on any atom is -0.493 e. The number of rotatable bonds is 7. The molecule has 0 aromatic heterocycles. The normalized spacial score (nSPS) is 10.4. The molecule has 0 atom stereocenters. The number of hydrogen-bond acceptors (Lipinski definition) is 3. The molecule has 0 aliphatic carbocycles. The molecule has 0 saturated heterocycles. The number of aryl methyl sites for hydroxylation is 1. The predicted molar refractivity (Wildman–Crippen MR) is 85.1 cm³/mol. The van der Waals surface area contributed by atoms with Gasteiger partial charge in [-0.15, -0.1) is 0 Å². The second-order valence-electron chi connectivity index (χ2n) is 4.98. The first-order valence-electron chi connectivity index (χ1n) is 6.72. The number of nitrogens with one attached hydrogen (secondary N) is 1. The van der Waals surface area contributed by atoms with Crippen molar-refractivity contribution in [1.29, 1.82) is 0 Å². The quantitative estimate of drug-likeness (QED) is 0.774. The van der Waals surface area contributed by atoms with Gasteiger partial charge in [-0.3, -0.25) is 4.79 Å². The van der Waals surface area contributed by atoms with Gasteiger partial charge < -0.3 is 15.0 Å². The highest BCUT2D eigenvalue weighted by Crippen LogP contribution is 2.28. The minimum absolute atomic E-state index is 0.136. The monoisotopic (exact) mass is 342 g/mol. The lowest BCUT2D eigenvalue weighted by molar-refractivity contribution is -0.128. The van der Waals surface area contributed by atoms with Gasteiger partial charge in [0.15, 0.2) is 0 Å². The van der Waals surface area contributed by atoms with E-state index in [-0.39, 0.29) is 5.91 Å². The van der Waals surface area contributed by atoms with Gasteiger partial charge in [0.05, 0.1) is 6.61 Å². The summed E-state index contributed by atoms with van der Waals surface area (Å²) in [6.45, 7) is 3.34. The fourth-order valence-corrected chi connectivity index (χ4v) is 2.57. The van der Waals surface area contributed by atoms with Crippen LogP contribution in [0.15, 0.2) is 16.6 Å². The van der Waals surface area contributed by atoms with Crippen LogP contribution >= 0.6 is 15.9 Å². The smallest absolute Gasteiger partial charge is 0.222 e. The minimum atomic E-state index is 0.136. The summed E-state index contributed by atoms with van der Waals surface area (Å²) in [5, 5.41) is 3.14. The summed E-state index contributed by atoms with van der Waals surface area (Å²) >= 11 is 3.50. The van der Waals surface area contributed by atoms with Crippen molar-refractivity contribution in [3.05, 3.63) is 27.7 Å². The van der Waals surface area contributed by atoms with E-state index in [0.29, 0.717) is 13.0 Å². The highest BCUT2D eigenvalue weighted by Gasteiger charge is 2.09. The van der Waals surface area contributed by atoms with Crippen molar-refractivity contribution in [2.75, 3.05) is 27.7 Å². The lowest BCUT2D eigenvalue weighted by atomic mass is 10.1. The molecule has 1 rings (SSSR count). The third-order valence-electron chi connectivity index (χ3n) is 2.96. The molecule has 20 heavy (non-hydrogen) atoms. The van der Waals surface area contributed by atoms with Crippen LogP contribution in [-0.4, -0.2) is 38.6 Å². The van der Waals surface area contributed by atoms with Crippen LogP contribution in [0.1, 0.15) is 24.0 Å². The summed E-state index contributed by atoms with van der Waals surface area (Å²) in [6, 6.07) is 4.10.